The van der Waals surface area contributed by atoms with Crippen LogP contribution in [0.5, 0.6) is 0 Å². The summed E-state index contributed by atoms with van der Waals surface area (Å²) in [5, 5.41) is 9.36. The van der Waals surface area contributed by atoms with Gasteiger partial charge < -0.3 is 14.9 Å². The first kappa shape index (κ1) is 16.5. The van der Waals surface area contributed by atoms with Gasteiger partial charge in [0, 0.05) is 51.4 Å². The fourth-order valence-electron chi connectivity index (χ4n) is 3.21. The molecule has 0 saturated carbocycles. The van der Waals surface area contributed by atoms with Crippen molar-refractivity contribution in [1.29, 1.82) is 0 Å². The van der Waals surface area contributed by atoms with Crippen molar-refractivity contribution in [3.63, 3.8) is 0 Å². The minimum atomic E-state index is 0.0124. The molecule has 0 radical (unpaired) electrons. The fourth-order valence-corrected chi connectivity index (χ4v) is 3.42. The van der Waals surface area contributed by atoms with Gasteiger partial charge in [-0.05, 0) is 25.0 Å². The molecule has 1 N–H and O–H groups in total. The molecular weight excluding hydrogens is 316 g/mol. The molecule has 23 heavy (non-hydrogen) atoms. The van der Waals surface area contributed by atoms with E-state index in [-0.39, 0.29) is 12.5 Å². The Kier molecular flexibility index (Phi) is 5.35. The average molecular weight is 339 g/mol. The molecule has 126 valence electrons. The molecule has 0 aromatic carbocycles. The Bertz CT molecular complexity index is 555. The highest BCUT2D eigenvalue weighted by Crippen LogP contribution is 2.23. The van der Waals surface area contributed by atoms with Crippen molar-refractivity contribution >= 4 is 23.3 Å². The Balaban J connectivity index is 1.70. The number of amides is 1. The van der Waals surface area contributed by atoms with E-state index in [0.29, 0.717) is 30.4 Å². The summed E-state index contributed by atoms with van der Waals surface area (Å²) in [6.07, 6.45) is 2.31. The van der Waals surface area contributed by atoms with E-state index in [4.69, 9.17) is 16.7 Å². The molecule has 0 atom stereocenters. The van der Waals surface area contributed by atoms with E-state index >= 15 is 0 Å². The maximum Gasteiger partial charge on any atom is 0.254 e. The smallest absolute Gasteiger partial charge is 0.254 e. The maximum atomic E-state index is 12.7. The molecule has 2 fully saturated rings. The van der Waals surface area contributed by atoms with E-state index in [0.717, 1.165) is 44.8 Å². The number of rotatable bonds is 4. The molecule has 3 rings (SSSR count). The quantitative estimate of drug-likeness (QED) is 0.833. The minimum absolute atomic E-state index is 0.0124. The number of β-amino-alcohol motifs (C(OH)–C–C–N with tert-alkyl or cyclic N) is 1. The van der Waals surface area contributed by atoms with Gasteiger partial charge >= 0.3 is 0 Å². The third-order valence-corrected chi connectivity index (χ3v) is 4.73. The van der Waals surface area contributed by atoms with Crippen LogP contribution in [0.4, 0.5) is 5.82 Å². The summed E-state index contributed by atoms with van der Waals surface area (Å²) in [5.74, 6) is 0.815. The van der Waals surface area contributed by atoms with Gasteiger partial charge in [-0.2, -0.15) is 0 Å². The minimum Gasteiger partial charge on any atom is -0.395 e. The van der Waals surface area contributed by atoms with E-state index in [1.807, 2.05) is 11.0 Å². The topological polar surface area (TPSA) is 59.9 Å². The lowest BCUT2D eigenvalue weighted by molar-refractivity contribution is 0.0615. The molecule has 6 nitrogen and oxygen atoms in total. The molecule has 1 aromatic heterocycles. The van der Waals surface area contributed by atoms with Gasteiger partial charge in [0.05, 0.1) is 6.61 Å². The lowest BCUT2D eigenvalue weighted by Crippen LogP contribution is -2.49. The van der Waals surface area contributed by atoms with Crippen LogP contribution in [0.25, 0.3) is 0 Å². The second-order valence-electron chi connectivity index (χ2n) is 6.09. The van der Waals surface area contributed by atoms with Gasteiger partial charge in [0.2, 0.25) is 0 Å². The molecule has 0 bridgehead atoms. The maximum absolute atomic E-state index is 12.7. The van der Waals surface area contributed by atoms with Crippen LogP contribution >= 0.6 is 11.6 Å². The second-order valence-corrected chi connectivity index (χ2v) is 6.48. The summed E-state index contributed by atoms with van der Waals surface area (Å²) in [7, 11) is 0. The van der Waals surface area contributed by atoms with Crippen LogP contribution in [0.3, 0.4) is 0 Å². The van der Waals surface area contributed by atoms with Crippen molar-refractivity contribution in [2.45, 2.75) is 12.8 Å². The molecule has 2 aliphatic rings. The number of hydrogen-bond donors (Lipinski definition) is 1. The number of nitrogens with zero attached hydrogens (tertiary/aromatic N) is 4. The van der Waals surface area contributed by atoms with E-state index < -0.39 is 0 Å². The lowest BCUT2D eigenvalue weighted by Gasteiger charge is -2.34. The first-order valence-corrected chi connectivity index (χ1v) is 8.60. The molecular formula is C16H23ClN4O2. The number of piperazine rings is 1. The average Bonchev–Trinajstić information content (AvgIpc) is 3.09. The predicted octanol–water partition coefficient (Wildman–Crippen LogP) is 1.09. The molecule has 1 aromatic rings. The highest BCUT2D eigenvalue weighted by atomic mass is 35.5. The number of aliphatic hydroxyl groups is 1. The molecule has 2 saturated heterocycles. The standard InChI is InChI=1S/C16H23ClN4O2/c17-14-11-13(12-15(18-14)20-3-1-2-4-20)16(23)21-7-5-19(6-8-21)9-10-22/h11-12,22H,1-10H2. The van der Waals surface area contributed by atoms with Gasteiger partial charge in [0.25, 0.3) is 5.91 Å². The van der Waals surface area contributed by atoms with E-state index in [1.165, 1.54) is 0 Å². The number of pyridine rings is 1. The number of carbonyl (C=O) groups is 1. The van der Waals surface area contributed by atoms with Gasteiger partial charge in [-0.1, -0.05) is 11.6 Å². The zero-order valence-electron chi connectivity index (χ0n) is 13.2. The first-order chi connectivity index (χ1) is 11.2. The summed E-state index contributed by atoms with van der Waals surface area (Å²) in [5.41, 5.74) is 0.613. The highest BCUT2D eigenvalue weighted by molar-refractivity contribution is 6.29. The van der Waals surface area contributed by atoms with E-state index in [2.05, 4.69) is 14.8 Å². The summed E-state index contributed by atoms with van der Waals surface area (Å²) in [4.78, 5) is 23.3. The van der Waals surface area contributed by atoms with E-state index in [9.17, 15) is 4.79 Å². The molecule has 2 aliphatic heterocycles. The zero-order valence-corrected chi connectivity index (χ0v) is 14.0. The van der Waals surface area contributed by atoms with Crippen molar-refractivity contribution in [2.24, 2.45) is 0 Å². The van der Waals surface area contributed by atoms with Crippen molar-refractivity contribution in [2.75, 3.05) is 57.3 Å². The lowest BCUT2D eigenvalue weighted by atomic mass is 10.2. The SMILES string of the molecule is O=C(c1cc(Cl)nc(N2CCCC2)c1)N1CCN(CCO)CC1. The van der Waals surface area contributed by atoms with Gasteiger partial charge in [0.1, 0.15) is 11.0 Å². The molecule has 0 aliphatic carbocycles. The molecule has 7 heteroatoms. The summed E-state index contributed by atoms with van der Waals surface area (Å²) >= 11 is 6.13. The highest BCUT2D eigenvalue weighted by Gasteiger charge is 2.23. The molecule has 3 heterocycles. The third kappa shape index (κ3) is 3.94. The Morgan fingerprint density at radius 2 is 1.83 bits per heavy atom. The van der Waals surface area contributed by atoms with Crippen LogP contribution < -0.4 is 4.90 Å². The van der Waals surface area contributed by atoms with Crippen LogP contribution in [0.15, 0.2) is 12.1 Å². The zero-order chi connectivity index (χ0) is 16.2. The Hall–Kier alpha value is -1.37. The Labute approximate surface area is 141 Å². The summed E-state index contributed by atoms with van der Waals surface area (Å²) in [6.45, 7) is 5.72. The molecule has 1 amide bonds. The third-order valence-electron chi connectivity index (χ3n) is 4.53. The van der Waals surface area contributed by atoms with Gasteiger partial charge in [-0.25, -0.2) is 4.98 Å². The largest absolute Gasteiger partial charge is 0.395 e. The number of halogens is 1. The van der Waals surface area contributed by atoms with Gasteiger partial charge in [-0.15, -0.1) is 0 Å². The fraction of sp³-hybridized carbons (Fsp3) is 0.625. The summed E-state index contributed by atoms with van der Waals surface area (Å²) in [6, 6.07) is 3.52. The number of aromatic nitrogens is 1. The van der Waals surface area contributed by atoms with Crippen molar-refractivity contribution in [1.82, 2.24) is 14.8 Å². The van der Waals surface area contributed by atoms with E-state index in [1.54, 1.807) is 6.07 Å². The number of hydrogen-bond acceptors (Lipinski definition) is 5. The monoisotopic (exact) mass is 338 g/mol. The van der Waals surface area contributed by atoms with Gasteiger partial charge in [0.15, 0.2) is 0 Å². The van der Waals surface area contributed by atoms with Crippen LogP contribution in [0, 0.1) is 0 Å². The number of carbonyl (C=O) groups excluding carboxylic acids is 1. The Morgan fingerprint density at radius 1 is 1.13 bits per heavy atom. The predicted molar refractivity (Wildman–Crippen MR) is 90.1 cm³/mol. The second kappa shape index (κ2) is 7.47. The summed E-state index contributed by atoms with van der Waals surface area (Å²) < 4.78 is 0. The molecule has 0 unspecified atom stereocenters. The first-order valence-electron chi connectivity index (χ1n) is 8.22. The van der Waals surface area contributed by atoms with Crippen LogP contribution in [-0.2, 0) is 0 Å². The van der Waals surface area contributed by atoms with Gasteiger partial charge in [-0.3, -0.25) is 9.69 Å². The molecule has 0 spiro atoms. The Morgan fingerprint density at radius 3 is 2.48 bits per heavy atom. The van der Waals surface area contributed by atoms with Crippen LogP contribution in [0.1, 0.15) is 23.2 Å². The number of anilines is 1. The van der Waals surface area contributed by atoms with Crippen LogP contribution in [-0.4, -0.2) is 78.2 Å². The normalized spacial score (nSPS) is 19.4. The van der Waals surface area contributed by atoms with Crippen molar-refractivity contribution in [3.8, 4) is 0 Å². The van der Waals surface area contributed by atoms with Crippen LogP contribution in [0.2, 0.25) is 5.15 Å². The van der Waals surface area contributed by atoms with Crippen molar-refractivity contribution < 1.29 is 9.90 Å². The number of aliphatic hydroxyl groups excluding tert-OH is 1. The van der Waals surface area contributed by atoms with Crippen molar-refractivity contribution in [3.05, 3.63) is 22.8 Å².